The molecule has 0 saturated heterocycles. The van der Waals surface area contributed by atoms with Gasteiger partial charge in [0.2, 0.25) is 0 Å². The summed E-state index contributed by atoms with van der Waals surface area (Å²) >= 11 is 3.35. The van der Waals surface area contributed by atoms with Crippen LogP contribution in [0.25, 0.3) is 0 Å². The SMILES string of the molecule is O=C(O)C1c2ccccc2C(=O)N(Cc2ccc(F)cc2F)C1c1ccc(Br)cc1. The predicted octanol–water partition coefficient (Wildman–Crippen LogP) is 5.29. The molecule has 0 saturated carbocycles. The normalized spacial score (nSPS) is 18.2. The molecule has 1 amide bonds. The van der Waals surface area contributed by atoms with Gasteiger partial charge >= 0.3 is 5.97 Å². The summed E-state index contributed by atoms with van der Waals surface area (Å²) < 4.78 is 28.5. The largest absolute Gasteiger partial charge is 0.481 e. The Morgan fingerprint density at radius 1 is 1.03 bits per heavy atom. The lowest BCUT2D eigenvalue weighted by Crippen LogP contribution is -2.44. The van der Waals surface area contributed by atoms with Crippen molar-refractivity contribution in [2.75, 3.05) is 0 Å². The molecular formula is C23H16BrF2NO3. The Hall–Kier alpha value is -3.06. The van der Waals surface area contributed by atoms with Crippen molar-refractivity contribution in [1.29, 1.82) is 0 Å². The van der Waals surface area contributed by atoms with Gasteiger partial charge in [-0.05, 0) is 35.4 Å². The number of rotatable bonds is 4. The van der Waals surface area contributed by atoms with Crippen LogP contribution >= 0.6 is 15.9 Å². The van der Waals surface area contributed by atoms with Crippen molar-refractivity contribution in [2.45, 2.75) is 18.5 Å². The minimum absolute atomic E-state index is 0.107. The molecule has 2 atom stereocenters. The number of carbonyl (C=O) groups is 2. The molecule has 0 aliphatic carbocycles. The maximum atomic E-state index is 14.4. The highest BCUT2D eigenvalue weighted by Gasteiger charge is 2.44. The number of aliphatic carboxylic acids is 1. The van der Waals surface area contributed by atoms with Crippen LogP contribution in [0.4, 0.5) is 8.78 Å². The second-order valence-electron chi connectivity index (χ2n) is 7.07. The van der Waals surface area contributed by atoms with Crippen LogP contribution in [0.5, 0.6) is 0 Å². The lowest BCUT2D eigenvalue weighted by atomic mass is 9.79. The molecule has 3 aromatic carbocycles. The molecule has 152 valence electrons. The van der Waals surface area contributed by atoms with Gasteiger partial charge in [0.15, 0.2) is 0 Å². The number of carboxylic acid groups (broad SMARTS) is 1. The Balaban J connectivity index is 1.88. The lowest BCUT2D eigenvalue weighted by molar-refractivity contribution is -0.140. The molecule has 1 aliphatic heterocycles. The van der Waals surface area contributed by atoms with Crippen LogP contribution in [-0.2, 0) is 11.3 Å². The monoisotopic (exact) mass is 471 g/mol. The minimum Gasteiger partial charge on any atom is -0.481 e. The molecule has 7 heteroatoms. The molecule has 30 heavy (non-hydrogen) atoms. The van der Waals surface area contributed by atoms with E-state index in [1.54, 1.807) is 48.5 Å². The Bertz CT molecular complexity index is 1130. The van der Waals surface area contributed by atoms with Crippen molar-refractivity contribution in [3.05, 3.63) is 105 Å². The summed E-state index contributed by atoms with van der Waals surface area (Å²) in [4.78, 5) is 27.0. The average molecular weight is 472 g/mol. The van der Waals surface area contributed by atoms with Gasteiger partial charge in [0, 0.05) is 28.2 Å². The first-order chi connectivity index (χ1) is 14.4. The average Bonchev–Trinajstić information content (AvgIpc) is 2.72. The Morgan fingerprint density at radius 3 is 2.40 bits per heavy atom. The predicted molar refractivity (Wildman–Crippen MR) is 110 cm³/mol. The first-order valence-corrected chi connectivity index (χ1v) is 9.98. The molecule has 2 unspecified atom stereocenters. The van der Waals surface area contributed by atoms with Crippen LogP contribution in [0.1, 0.15) is 39.0 Å². The summed E-state index contributed by atoms with van der Waals surface area (Å²) in [6, 6.07) is 15.8. The standard InChI is InChI=1S/C23H16BrF2NO3/c24-15-8-5-13(6-9-15)21-20(23(29)30)17-3-1-2-4-18(17)22(28)27(21)12-14-7-10-16(25)11-19(14)26/h1-11,20-21H,12H2,(H,29,30). The maximum Gasteiger partial charge on any atom is 0.313 e. The van der Waals surface area contributed by atoms with Crippen LogP contribution < -0.4 is 0 Å². The zero-order valence-electron chi connectivity index (χ0n) is 15.6. The van der Waals surface area contributed by atoms with E-state index in [2.05, 4.69) is 15.9 Å². The third kappa shape index (κ3) is 3.61. The highest BCUT2D eigenvalue weighted by atomic mass is 79.9. The molecule has 0 spiro atoms. The van der Waals surface area contributed by atoms with E-state index >= 15 is 0 Å². The number of hydrogen-bond acceptors (Lipinski definition) is 2. The molecule has 1 heterocycles. The Labute approximate surface area is 179 Å². The van der Waals surface area contributed by atoms with Crippen molar-refractivity contribution in [2.24, 2.45) is 0 Å². The van der Waals surface area contributed by atoms with Crippen LogP contribution in [0.3, 0.4) is 0 Å². The minimum atomic E-state index is -1.09. The maximum absolute atomic E-state index is 14.4. The van der Waals surface area contributed by atoms with Gasteiger partial charge in [0.25, 0.3) is 5.91 Å². The van der Waals surface area contributed by atoms with Gasteiger partial charge in [-0.15, -0.1) is 0 Å². The molecule has 0 aromatic heterocycles. The first kappa shape index (κ1) is 20.2. The number of fused-ring (bicyclic) bond motifs is 1. The molecule has 0 bridgehead atoms. The fourth-order valence-corrected chi connectivity index (χ4v) is 4.16. The molecule has 1 aliphatic rings. The molecule has 1 N–H and O–H groups in total. The third-order valence-electron chi connectivity index (χ3n) is 5.27. The van der Waals surface area contributed by atoms with Gasteiger partial charge in [0.05, 0.1) is 6.04 Å². The highest BCUT2D eigenvalue weighted by Crippen LogP contribution is 2.43. The number of nitrogens with zero attached hydrogens (tertiary/aromatic N) is 1. The molecule has 4 rings (SSSR count). The summed E-state index contributed by atoms with van der Waals surface area (Å²) in [6.07, 6.45) is 0. The fourth-order valence-electron chi connectivity index (χ4n) is 3.90. The number of carbonyl (C=O) groups excluding carboxylic acids is 1. The van der Waals surface area contributed by atoms with Gasteiger partial charge in [-0.2, -0.15) is 0 Å². The fraction of sp³-hybridized carbons (Fsp3) is 0.130. The van der Waals surface area contributed by atoms with E-state index in [0.29, 0.717) is 11.1 Å². The molecule has 4 nitrogen and oxygen atoms in total. The third-order valence-corrected chi connectivity index (χ3v) is 5.80. The van der Waals surface area contributed by atoms with Crippen molar-refractivity contribution < 1.29 is 23.5 Å². The molecule has 0 fully saturated rings. The van der Waals surface area contributed by atoms with Crippen molar-refractivity contribution >= 4 is 27.8 Å². The number of carboxylic acids is 1. The smallest absolute Gasteiger partial charge is 0.313 e. The highest BCUT2D eigenvalue weighted by molar-refractivity contribution is 9.10. The molecular weight excluding hydrogens is 456 g/mol. The summed E-state index contributed by atoms with van der Waals surface area (Å²) in [5.74, 6) is -4.04. The number of hydrogen-bond donors (Lipinski definition) is 1. The second-order valence-corrected chi connectivity index (χ2v) is 7.98. The number of benzene rings is 3. The van der Waals surface area contributed by atoms with E-state index in [4.69, 9.17) is 0 Å². The van der Waals surface area contributed by atoms with Crippen LogP contribution in [0.2, 0.25) is 0 Å². The van der Waals surface area contributed by atoms with Crippen LogP contribution in [0, 0.1) is 11.6 Å². The van der Waals surface area contributed by atoms with E-state index in [1.165, 1.54) is 11.0 Å². The van der Waals surface area contributed by atoms with Crippen LogP contribution in [-0.4, -0.2) is 21.9 Å². The Kier molecular flexibility index (Phi) is 5.39. The van der Waals surface area contributed by atoms with E-state index < -0.39 is 35.5 Å². The van der Waals surface area contributed by atoms with Crippen molar-refractivity contribution in [3.63, 3.8) is 0 Å². The first-order valence-electron chi connectivity index (χ1n) is 9.19. The number of amides is 1. The number of halogens is 3. The quantitative estimate of drug-likeness (QED) is 0.562. The Morgan fingerprint density at radius 2 is 1.73 bits per heavy atom. The van der Waals surface area contributed by atoms with Gasteiger partial charge in [-0.1, -0.05) is 52.3 Å². The van der Waals surface area contributed by atoms with E-state index in [9.17, 15) is 23.5 Å². The zero-order chi connectivity index (χ0) is 21.4. The summed E-state index contributed by atoms with van der Waals surface area (Å²) in [5.41, 5.74) is 1.39. The van der Waals surface area contributed by atoms with Gasteiger partial charge in [0.1, 0.15) is 17.6 Å². The summed E-state index contributed by atoms with van der Waals surface area (Å²) in [6.45, 7) is -0.191. The van der Waals surface area contributed by atoms with Gasteiger partial charge in [-0.25, -0.2) is 8.78 Å². The molecule has 0 radical (unpaired) electrons. The zero-order valence-corrected chi connectivity index (χ0v) is 17.1. The van der Waals surface area contributed by atoms with Crippen molar-refractivity contribution in [3.8, 4) is 0 Å². The lowest BCUT2D eigenvalue weighted by Gasteiger charge is -2.41. The van der Waals surface area contributed by atoms with Gasteiger partial charge in [-0.3, -0.25) is 9.59 Å². The molecule has 3 aromatic rings. The van der Waals surface area contributed by atoms with Gasteiger partial charge < -0.3 is 10.0 Å². The van der Waals surface area contributed by atoms with Crippen LogP contribution in [0.15, 0.2) is 71.2 Å². The second kappa shape index (κ2) is 7.99. The van der Waals surface area contributed by atoms with E-state index in [1.807, 2.05) is 0 Å². The summed E-state index contributed by atoms with van der Waals surface area (Å²) in [5, 5.41) is 10.1. The van der Waals surface area contributed by atoms with E-state index in [0.717, 1.165) is 16.6 Å². The summed E-state index contributed by atoms with van der Waals surface area (Å²) in [7, 11) is 0. The van der Waals surface area contributed by atoms with E-state index in [-0.39, 0.29) is 17.7 Å². The van der Waals surface area contributed by atoms with Crippen molar-refractivity contribution in [1.82, 2.24) is 4.90 Å². The topological polar surface area (TPSA) is 57.6 Å².